The molecule has 2 aromatic rings. The highest BCUT2D eigenvalue weighted by atomic mass is 16.3. The number of aromatic nitrogens is 1. The van der Waals surface area contributed by atoms with Crippen molar-refractivity contribution < 1.29 is 9.90 Å². The van der Waals surface area contributed by atoms with Gasteiger partial charge in [-0.05, 0) is 43.9 Å². The average Bonchev–Trinajstić information content (AvgIpc) is 2.58. The molecule has 0 fully saturated rings. The maximum atomic E-state index is 12.2. The Morgan fingerprint density at radius 2 is 2.00 bits per heavy atom. The molecule has 2 N–H and O–H groups in total. The molecule has 19 heavy (non-hydrogen) atoms. The molecule has 0 unspecified atom stereocenters. The van der Waals surface area contributed by atoms with E-state index in [1.807, 2.05) is 19.1 Å². The fourth-order valence-electron chi connectivity index (χ4n) is 2.92. The molecule has 1 heterocycles. The van der Waals surface area contributed by atoms with Gasteiger partial charge in [-0.1, -0.05) is 12.1 Å². The largest absolute Gasteiger partial charge is 0.508 e. The van der Waals surface area contributed by atoms with Crippen LogP contribution in [0.3, 0.4) is 0 Å². The lowest BCUT2D eigenvalue weighted by Gasteiger charge is -2.04. The number of hydrogen-bond donors (Lipinski definition) is 2. The molecule has 3 rings (SSSR count). The van der Waals surface area contributed by atoms with Gasteiger partial charge < -0.3 is 10.1 Å². The first-order valence-electron chi connectivity index (χ1n) is 6.71. The van der Waals surface area contributed by atoms with E-state index in [0.29, 0.717) is 6.42 Å². The van der Waals surface area contributed by atoms with Gasteiger partial charge in [0.05, 0.1) is 0 Å². The number of carbonyl (C=O) groups excluding carboxylic acids is 1. The van der Waals surface area contributed by atoms with Crippen LogP contribution in [-0.2, 0) is 6.42 Å². The van der Waals surface area contributed by atoms with Crippen molar-refractivity contribution in [3.8, 4) is 17.0 Å². The van der Waals surface area contributed by atoms with Gasteiger partial charge in [0.15, 0.2) is 5.78 Å². The average molecular weight is 255 g/mol. The van der Waals surface area contributed by atoms with Crippen LogP contribution in [0.1, 0.15) is 40.9 Å². The summed E-state index contributed by atoms with van der Waals surface area (Å²) >= 11 is 0. The number of Topliss-reactive ketones (excluding diaryl/α,β-unsaturated/α-hetero) is 1. The number of fused-ring (bicyclic) bond motifs is 1. The minimum Gasteiger partial charge on any atom is -0.508 e. The maximum Gasteiger partial charge on any atom is 0.164 e. The minimum atomic E-state index is 0.243. The van der Waals surface area contributed by atoms with Crippen LogP contribution in [0.2, 0.25) is 0 Å². The van der Waals surface area contributed by atoms with Crippen LogP contribution in [0.5, 0.6) is 5.75 Å². The van der Waals surface area contributed by atoms with E-state index in [2.05, 4.69) is 4.98 Å². The molecule has 0 aliphatic heterocycles. The van der Waals surface area contributed by atoms with Crippen LogP contribution in [0.4, 0.5) is 0 Å². The van der Waals surface area contributed by atoms with E-state index in [9.17, 15) is 9.90 Å². The van der Waals surface area contributed by atoms with E-state index < -0.39 is 0 Å². The van der Waals surface area contributed by atoms with E-state index in [0.717, 1.165) is 47.3 Å². The number of rotatable bonds is 1. The summed E-state index contributed by atoms with van der Waals surface area (Å²) < 4.78 is 0. The highest BCUT2D eigenvalue weighted by molar-refractivity contribution is 6.00. The summed E-state index contributed by atoms with van der Waals surface area (Å²) in [7, 11) is 0. The van der Waals surface area contributed by atoms with Crippen molar-refractivity contribution in [2.45, 2.75) is 32.6 Å². The first kappa shape index (κ1) is 12.0. The van der Waals surface area contributed by atoms with Crippen molar-refractivity contribution in [3.63, 3.8) is 0 Å². The number of phenols is 1. The summed E-state index contributed by atoms with van der Waals surface area (Å²) in [5.74, 6) is 0.492. The van der Waals surface area contributed by atoms with Gasteiger partial charge in [0, 0.05) is 28.9 Å². The Kier molecular flexibility index (Phi) is 2.90. The van der Waals surface area contributed by atoms with Gasteiger partial charge in [-0.25, -0.2) is 0 Å². The lowest BCUT2D eigenvalue weighted by atomic mass is 10.00. The molecular weight excluding hydrogens is 238 g/mol. The molecule has 0 spiro atoms. The summed E-state index contributed by atoms with van der Waals surface area (Å²) in [4.78, 5) is 15.5. The number of carbonyl (C=O) groups is 1. The number of phenolic OH excluding ortho intramolecular Hbond substituents is 1. The normalized spacial score (nSPS) is 15.1. The first-order valence-corrected chi connectivity index (χ1v) is 6.71. The number of aryl methyl sites for hydroxylation is 1. The molecule has 98 valence electrons. The standard InChI is InChI=1S/C16H17NO2/c1-10-15-13(7-2-3-8-14(15)19)16(17-10)11-5-4-6-12(18)9-11/h4-6,9,17-18H,2-3,7-8H2,1H3. The third-order valence-electron chi connectivity index (χ3n) is 3.79. The van der Waals surface area contributed by atoms with E-state index in [1.54, 1.807) is 12.1 Å². The van der Waals surface area contributed by atoms with Crippen LogP contribution < -0.4 is 0 Å². The molecule has 3 heteroatoms. The zero-order valence-corrected chi connectivity index (χ0v) is 11.0. The summed E-state index contributed by atoms with van der Waals surface area (Å²) in [5, 5.41) is 9.61. The third-order valence-corrected chi connectivity index (χ3v) is 3.79. The number of nitrogens with one attached hydrogen (secondary N) is 1. The number of H-pyrrole nitrogens is 1. The van der Waals surface area contributed by atoms with Gasteiger partial charge in [-0.2, -0.15) is 0 Å². The fraction of sp³-hybridized carbons (Fsp3) is 0.312. The molecule has 0 radical (unpaired) electrons. The van der Waals surface area contributed by atoms with E-state index in [-0.39, 0.29) is 11.5 Å². The Morgan fingerprint density at radius 1 is 1.21 bits per heavy atom. The molecule has 0 atom stereocenters. The van der Waals surface area contributed by atoms with Crippen LogP contribution in [-0.4, -0.2) is 15.9 Å². The molecule has 0 saturated carbocycles. The third kappa shape index (κ3) is 2.05. The minimum absolute atomic E-state index is 0.243. The Labute approximate surface area is 112 Å². The quantitative estimate of drug-likeness (QED) is 0.765. The summed E-state index contributed by atoms with van der Waals surface area (Å²) in [6, 6.07) is 7.18. The molecular formula is C16H17NO2. The lowest BCUT2D eigenvalue weighted by molar-refractivity contribution is 0.0981. The second-order valence-corrected chi connectivity index (χ2v) is 5.16. The number of ketones is 1. The van der Waals surface area contributed by atoms with Crippen molar-refractivity contribution >= 4 is 5.78 Å². The summed E-state index contributed by atoms with van der Waals surface area (Å²) in [5.41, 5.74) is 4.86. The summed E-state index contributed by atoms with van der Waals surface area (Å²) in [6.07, 6.45) is 3.58. The van der Waals surface area contributed by atoms with Crippen molar-refractivity contribution in [2.24, 2.45) is 0 Å². The van der Waals surface area contributed by atoms with Crippen LogP contribution >= 0.6 is 0 Å². The Hall–Kier alpha value is -2.03. The van der Waals surface area contributed by atoms with Crippen LogP contribution in [0.15, 0.2) is 24.3 Å². The number of aromatic hydroxyl groups is 1. The molecule has 1 aromatic heterocycles. The van der Waals surface area contributed by atoms with Crippen LogP contribution in [0.25, 0.3) is 11.3 Å². The van der Waals surface area contributed by atoms with Gasteiger partial charge in [-0.15, -0.1) is 0 Å². The Balaban J connectivity index is 2.18. The molecule has 0 amide bonds. The number of benzene rings is 1. The van der Waals surface area contributed by atoms with Gasteiger partial charge in [0.1, 0.15) is 5.75 Å². The van der Waals surface area contributed by atoms with E-state index >= 15 is 0 Å². The molecule has 3 nitrogen and oxygen atoms in total. The predicted octanol–water partition coefficient (Wildman–Crippen LogP) is 3.60. The highest BCUT2D eigenvalue weighted by Gasteiger charge is 2.23. The monoisotopic (exact) mass is 255 g/mol. The summed E-state index contributed by atoms with van der Waals surface area (Å²) in [6.45, 7) is 1.95. The number of aromatic amines is 1. The first-order chi connectivity index (χ1) is 9.16. The molecule has 0 saturated heterocycles. The maximum absolute atomic E-state index is 12.2. The predicted molar refractivity (Wildman–Crippen MR) is 74.5 cm³/mol. The SMILES string of the molecule is Cc1[nH]c(-c2cccc(O)c2)c2c1C(=O)CCCC2. The second-order valence-electron chi connectivity index (χ2n) is 5.16. The van der Waals surface area contributed by atoms with Gasteiger partial charge in [0.25, 0.3) is 0 Å². The van der Waals surface area contributed by atoms with E-state index in [1.165, 1.54) is 0 Å². The van der Waals surface area contributed by atoms with Gasteiger partial charge >= 0.3 is 0 Å². The fourth-order valence-corrected chi connectivity index (χ4v) is 2.92. The van der Waals surface area contributed by atoms with E-state index in [4.69, 9.17) is 0 Å². The number of hydrogen-bond acceptors (Lipinski definition) is 2. The van der Waals surface area contributed by atoms with Gasteiger partial charge in [0.2, 0.25) is 0 Å². The van der Waals surface area contributed by atoms with Crippen LogP contribution in [0, 0.1) is 6.92 Å². The van der Waals surface area contributed by atoms with Crippen molar-refractivity contribution in [1.82, 2.24) is 4.98 Å². The Bertz CT molecular complexity index is 640. The molecule has 1 aromatic carbocycles. The van der Waals surface area contributed by atoms with Gasteiger partial charge in [-0.3, -0.25) is 4.79 Å². The van der Waals surface area contributed by atoms with Crippen molar-refractivity contribution in [1.29, 1.82) is 0 Å². The Morgan fingerprint density at radius 3 is 2.79 bits per heavy atom. The second kappa shape index (κ2) is 4.57. The van der Waals surface area contributed by atoms with Crippen molar-refractivity contribution in [3.05, 3.63) is 41.1 Å². The molecule has 1 aliphatic carbocycles. The smallest absolute Gasteiger partial charge is 0.164 e. The topological polar surface area (TPSA) is 53.1 Å². The lowest BCUT2D eigenvalue weighted by Crippen LogP contribution is -1.99. The zero-order chi connectivity index (χ0) is 13.4. The molecule has 0 bridgehead atoms. The zero-order valence-electron chi connectivity index (χ0n) is 11.0. The molecule has 1 aliphatic rings. The van der Waals surface area contributed by atoms with Crippen molar-refractivity contribution in [2.75, 3.05) is 0 Å². The highest BCUT2D eigenvalue weighted by Crippen LogP contribution is 2.33.